The van der Waals surface area contributed by atoms with Crippen molar-refractivity contribution >= 4 is 5.82 Å². The lowest BCUT2D eigenvalue weighted by atomic mass is 10.1. The van der Waals surface area contributed by atoms with E-state index in [0.29, 0.717) is 19.1 Å². The molecule has 1 aliphatic carbocycles. The number of aromatic nitrogens is 1. The summed E-state index contributed by atoms with van der Waals surface area (Å²) in [4.78, 5) is 7.25. The molecule has 4 heteroatoms. The molecule has 3 rings (SSSR count). The van der Waals surface area contributed by atoms with Gasteiger partial charge >= 0.3 is 0 Å². The van der Waals surface area contributed by atoms with Gasteiger partial charge in [-0.05, 0) is 49.7 Å². The fourth-order valence-corrected chi connectivity index (χ4v) is 3.38. The maximum absolute atomic E-state index is 9.06. The van der Waals surface area contributed by atoms with E-state index in [1.165, 1.54) is 23.2 Å². The Balaban J connectivity index is 1.84. The minimum absolute atomic E-state index is 0.292. The third kappa shape index (κ3) is 2.47. The van der Waals surface area contributed by atoms with Gasteiger partial charge in [-0.1, -0.05) is 0 Å². The number of hydrogen-bond acceptors (Lipinski definition) is 4. The van der Waals surface area contributed by atoms with Gasteiger partial charge in [0, 0.05) is 37.5 Å². The number of rotatable bonds is 4. The molecule has 1 aliphatic heterocycles. The molecule has 1 aromatic heterocycles. The van der Waals surface area contributed by atoms with Gasteiger partial charge in [-0.2, -0.15) is 0 Å². The van der Waals surface area contributed by atoms with Crippen molar-refractivity contribution in [1.29, 1.82) is 0 Å². The van der Waals surface area contributed by atoms with Gasteiger partial charge < -0.3 is 15.7 Å². The summed E-state index contributed by atoms with van der Waals surface area (Å²) in [5.41, 5.74) is 9.76. The standard InChI is InChI=1S/C15H23N3O/c16-9-13-8-12-2-1-3-14(12)17-15(13)18-6-4-11(10-18)5-7-19/h8,11,19H,1-7,9-10,16H2. The van der Waals surface area contributed by atoms with E-state index in [1.807, 2.05) is 0 Å². The molecule has 1 unspecified atom stereocenters. The summed E-state index contributed by atoms with van der Waals surface area (Å²) in [7, 11) is 0. The van der Waals surface area contributed by atoms with Crippen LogP contribution in [0.5, 0.6) is 0 Å². The minimum atomic E-state index is 0.292. The zero-order valence-electron chi connectivity index (χ0n) is 11.4. The molecular weight excluding hydrogens is 238 g/mol. The molecule has 0 radical (unpaired) electrons. The number of nitrogens with two attached hydrogens (primary N) is 1. The Kier molecular flexibility index (Phi) is 3.71. The number of pyridine rings is 1. The molecule has 2 aliphatic rings. The predicted octanol–water partition coefficient (Wildman–Crippen LogP) is 1.24. The third-order valence-corrected chi connectivity index (χ3v) is 4.45. The van der Waals surface area contributed by atoms with Gasteiger partial charge in [0.15, 0.2) is 0 Å². The molecule has 1 atom stereocenters. The Labute approximate surface area is 114 Å². The zero-order chi connectivity index (χ0) is 13.2. The van der Waals surface area contributed by atoms with Crippen LogP contribution in [0.2, 0.25) is 0 Å². The SMILES string of the molecule is NCc1cc2c(nc1N1CCC(CCO)C1)CCC2. The lowest BCUT2D eigenvalue weighted by molar-refractivity contribution is 0.263. The highest BCUT2D eigenvalue weighted by molar-refractivity contribution is 5.51. The molecule has 1 fully saturated rings. The molecular formula is C15H23N3O. The van der Waals surface area contributed by atoms with E-state index in [9.17, 15) is 0 Å². The number of nitrogens with zero attached hydrogens (tertiary/aromatic N) is 2. The van der Waals surface area contributed by atoms with Gasteiger partial charge in [-0.15, -0.1) is 0 Å². The van der Waals surface area contributed by atoms with Gasteiger partial charge in [-0.25, -0.2) is 4.98 Å². The van der Waals surface area contributed by atoms with Crippen LogP contribution in [-0.2, 0) is 19.4 Å². The highest BCUT2D eigenvalue weighted by atomic mass is 16.3. The van der Waals surface area contributed by atoms with Crippen molar-refractivity contribution in [2.45, 2.75) is 38.6 Å². The second kappa shape index (κ2) is 5.47. The fourth-order valence-electron chi connectivity index (χ4n) is 3.38. The first-order chi connectivity index (χ1) is 9.31. The van der Waals surface area contributed by atoms with E-state index in [0.717, 1.165) is 44.6 Å². The summed E-state index contributed by atoms with van der Waals surface area (Å²) in [5, 5.41) is 9.06. The van der Waals surface area contributed by atoms with E-state index in [4.69, 9.17) is 15.8 Å². The van der Waals surface area contributed by atoms with Crippen LogP contribution in [-0.4, -0.2) is 29.8 Å². The maximum Gasteiger partial charge on any atom is 0.133 e. The molecule has 2 heterocycles. The van der Waals surface area contributed by atoms with Gasteiger partial charge in [0.2, 0.25) is 0 Å². The lowest BCUT2D eigenvalue weighted by Crippen LogP contribution is -2.24. The number of aryl methyl sites for hydroxylation is 2. The normalized spacial score (nSPS) is 22.0. The molecule has 3 N–H and O–H groups in total. The van der Waals surface area contributed by atoms with E-state index < -0.39 is 0 Å². The topological polar surface area (TPSA) is 62.4 Å². The summed E-state index contributed by atoms with van der Waals surface area (Å²) < 4.78 is 0. The summed E-state index contributed by atoms with van der Waals surface area (Å²) >= 11 is 0. The highest BCUT2D eigenvalue weighted by Gasteiger charge is 2.26. The van der Waals surface area contributed by atoms with Crippen molar-refractivity contribution in [3.05, 3.63) is 22.9 Å². The first-order valence-electron chi connectivity index (χ1n) is 7.39. The van der Waals surface area contributed by atoms with E-state index in [2.05, 4.69) is 11.0 Å². The summed E-state index contributed by atoms with van der Waals surface area (Å²) in [6, 6.07) is 2.27. The highest BCUT2D eigenvalue weighted by Crippen LogP contribution is 2.31. The minimum Gasteiger partial charge on any atom is -0.396 e. The van der Waals surface area contributed by atoms with Gasteiger partial charge in [-0.3, -0.25) is 0 Å². The number of aliphatic hydroxyl groups excluding tert-OH is 1. The van der Waals surface area contributed by atoms with Crippen LogP contribution in [0.4, 0.5) is 5.82 Å². The first kappa shape index (κ1) is 12.9. The molecule has 0 spiro atoms. The molecule has 1 aromatic rings. The van der Waals surface area contributed by atoms with Crippen molar-refractivity contribution in [3.8, 4) is 0 Å². The molecule has 104 valence electrons. The van der Waals surface area contributed by atoms with Crippen LogP contribution in [0.15, 0.2) is 6.07 Å². The lowest BCUT2D eigenvalue weighted by Gasteiger charge is -2.21. The van der Waals surface area contributed by atoms with Crippen molar-refractivity contribution < 1.29 is 5.11 Å². The van der Waals surface area contributed by atoms with Crippen molar-refractivity contribution in [2.24, 2.45) is 11.7 Å². The molecule has 1 saturated heterocycles. The molecule has 0 aromatic carbocycles. The van der Waals surface area contributed by atoms with Gasteiger partial charge in [0.1, 0.15) is 5.82 Å². The monoisotopic (exact) mass is 261 g/mol. The third-order valence-electron chi connectivity index (χ3n) is 4.45. The van der Waals surface area contributed by atoms with E-state index >= 15 is 0 Å². The summed E-state index contributed by atoms with van der Waals surface area (Å²) in [6.07, 6.45) is 5.55. The average Bonchev–Trinajstić information content (AvgIpc) is 3.05. The number of anilines is 1. The second-order valence-corrected chi connectivity index (χ2v) is 5.75. The van der Waals surface area contributed by atoms with Crippen molar-refractivity contribution in [2.75, 3.05) is 24.6 Å². The van der Waals surface area contributed by atoms with E-state index in [1.54, 1.807) is 0 Å². The second-order valence-electron chi connectivity index (χ2n) is 5.75. The molecule has 4 nitrogen and oxygen atoms in total. The smallest absolute Gasteiger partial charge is 0.133 e. The summed E-state index contributed by atoms with van der Waals surface area (Å²) in [5.74, 6) is 1.70. The first-order valence-corrected chi connectivity index (χ1v) is 7.39. The molecule has 19 heavy (non-hydrogen) atoms. The quantitative estimate of drug-likeness (QED) is 0.856. The average molecular weight is 261 g/mol. The fraction of sp³-hybridized carbons (Fsp3) is 0.667. The van der Waals surface area contributed by atoms with Crippen LogP contribution < -0.4 is 10.6 Å². The summed E-state index contributed by atoms with van der Waals surface area (Å²) in [6.45, 7) is 2.92. The predicted molar refractivity (Wildman–Crippen MR) is 76.2 cm³/mol. The van der Waals surface area contributed by atoms with Crippen LogP contribution in [0.3, 0.4) is 0 Å². The Morgan fingerprint density at radius 1 is 1.42 bits per heavy atom. The van der Waals surface area contributed by atoms with Crippen molar-refractivity contribution in [1.82, 2.24) is 4.98 Å². The Bertz CT molecular complexity index is 461. The molecule has 0 saturated carbocycles. The van der Waals surface area contributed by atoms with Gasteiger partial charge in [0.05, 0.1) is 0 Å². The van der Waals surface area contributed by atoms with E-state index in [-0.39, 0.29) is 0 Å². The Morgan fingerprint density at radius 2 is 2.32 bits per heavy atom. The Morgan fingerprint density at radius 3 is 3.11 bits per heavy atom. The van der Waals surface area contributed by atoms with Crippen LogP contribution >= 0.6 is 0 Å². The van der Waals surface area contributed by atoms with Crippen LogP contribution in [0.25, 0.3) is 0 Å². The number of fused-ring (bicyclic) bond motifs is 1. The molecule has 0 amide bonds. The Hall–Kier alpha value is -1.13. The maximum atomic E-state index is 9.06. The number of aliphatic hydroxyl groups is 1. The largest absolute Gasteiger partial charge is 0.396 e. The molecule has 0 bridgehead atoms. The van der Waals surface area contributed by atoms with Crippen LogP contribution in [0, 0.1) is 5.92 Å². The van der Waals surface area contributed by atoms with Crippen molar-refractivity contribution in [3.63, 3.8) is 0 Å². The zero-order valence-corrected chi connectivity index (χ0v) is 11.4. The number of hydrogen-bond donors (Lipinski definition) is 2. The van der Waals surface area contributed by atoms with Gasteiger partial charge in [0.25, 0.3) is 0 Å². The van der Waals surface area contributed by atoms with Crippen LogP contribution in [0.1, 0.15) is 36.1 Å².